The van der Waals surface area contributed by atoms with Crippen LogP contribution in [0.15, 0.2) is 53.9 Å². The molecule has 2 rings (SSSR count). The smallest absolute Gasteiger partial charge is 0.335 e. The average molecular weight is 450 g/mol. The quantitative estimate of drug-likeness (QED) is 0.334. The van der Waals surface area contributed by atoms with Crippen LogP contribution in [-0.4, -0.2) is 37.2 Å². The fraction of sp³-hybridized carbons (Fsp3) is 0.348. The Morgan fingerprint density at radius 1 is 1.00 bits per heavy atom. The number of para-hydroxylation sites is 1. The monoisotopic (exact) mass is 449 g/mol. The van der Waals surface area contributed by atoms with Crippen molar-refractivity contribution in [3.63, 3.8) is 0 Å². The van der Waals surface area contributed by atoms with E-state index in [9.17, 15) is 14.4 Å². The maximum Gasteiger partial charge on any atom is 0.335 e. The van der Waals surface area contributed by atoms with E-state index in [1.807, 2.05) is 24.3 Å². The zero-order valence-electron chi connectivity index (χ0n) is 18.1. The van der Waals surface area contributed by atoms with Gasteiger partial charge in [-0.15, -0.1) is 12.4 Å². The summed E-state index contributed by atoms with van der Waals surface area (Å²) in [4.78, 5) is 38.2. The van der Waals surface area contributed by atoms with E-state index in [1.54, 1.807) is 51.1 Å². The van der Waals surface area contributed by atoms with Gasteiger partial charge in [0.25, 0.3) is 0 Å². The van der Waals surface area contributed by atoms with E-state index < -0.39 is 17.9 Å². The Bertz CT molecular complexity index is 854. The molecule has 1 aromatic carbocycles. The average Bonchev–Trinajstić information content (AvgIpc) is 2.72. The molecule has 1 aliphatic rings. The van der Waals surface area contributed by atoms with Crippen LogP contribution < -0.4 is 4.90 Å². The Hall–Kier alpha value is -3.06. The highest BCUT2D eigenvalue weighted by Gasteiger charge is 2.25. The molecule has 0 amide bonds. The van der Waals surface area contributed by atoms with Gasteiger partial charge in [-0.2, -0.15) is 0 Å². The number of nitrogens with zero attached hydrogens (tertiary/aromatic N) is 1. The molecule has 0 saturated heterocycles. The van der Waals surface area contributed by atoms with Crippen LogP contribution in [0, 0.1) is 0 Å². The minimum atomic E-state index is -0.495. The molecule has 0 saturated carbocycles. The number of carbonyl (C=O) groups excluding carboxylic acids is 3. The van der Waals surface area contributed by atoms with Crippen LogP contribution in [0.2, 0.25) is 0 Å². The van der Waals surface area contributed by atoms with Crippen molar-refractivity contribution in [3.05, 3.63) is 59.5 Å². The topological polar surface area (TPSA) is 82.1 Å². The molecule has 8 heteroatoms. The van der Waals surface area contributed by atoms with Gasteiger partial charge in [0.2, 0.25) is 0 Å². The molecule has 0 aliphatic carbocycles. The zero-order valence-corrected chi connectivity index (χ0v) is 18.9. The lowest BCUT2D eigenvalue weighted by Crippen LogP contribution is -2.23. The van der Waals surface area contributed by atoms with Gasteiger partial charge in [-0.1, -0.05) is 18.2 Å². The van der Waals surface area contributed by atoms with Crippen molar-refractivity contribution in [1.29, 1.82) is 0 Å². The summed E-state index contributed by atoms with van der Waals surface area (Å²) < 4.78 is 15.3. The first-order valence-electron chi connectivity index (χ1n) is 9.87. The van der Waals surface area contributed by atoms with Gasteiger partial charge in [-0.05, 0) is 45.4 Å². The molecule has 0 N–H and O–H groups in total. The highest BCUT2D eigenvalue weighted by Crippen LogP contribution is 2.29. The largest absolute Gasteiger partial charge is 0.463 e. The summed E-state index contributed by atoms with van der Waals surface area (Å²) in [5, 5.41) is 0. The summed E-state index contributed by atoms with van der Waals surface area (Å²) in [6.45, 7) is 7.44. The number of halogens is 1. The normalized spacial score (nSPS) is 13.3. The first-order valence-corrected chi connectivity index (χ1v) is 9.87. The fourth-order valence-corrected chi connectivity index (χ4v) is 2.80. The molecule has 7 nitrogen and oxygen atoms in total. The number of hydrogen-bond acceptors (Lipinski definition) is 7. The van der Waals surface area contributed by atoms with E-state index in [4.69, 9.17) is 14.2 Å². The van der Waals surface area contributed by atoms with Crippen LogP contribution >= 0.6 is 12.4 Å². The molecule has 1 heterocycles. The summed E-state index contributed by atoms with van der Waals surface area (Å²) in [5.74, 6) is -1.44. The highest BCUT2D eigenvalue weighted by atomic mass is 35.5. The van der Waals surface area contributed by atoms with Gasteiger partial charge in [0.05, 0.1) is 36.2 Å². The number of anilines is 1. The summed E-state index contributed by atoms with van der Waals surface area (Å²) >= 11 is 0. The van der Waals surface area contributed by atoms with Gasteiger partial charge in [-0.25, -0.2) is 14.4 Å². The predicted molar refractivity (Wildman–Crippen MR) is 120 cm³/mol. The fourth-order valence-electron chi connectivity index (χ4n) is 2.80. The van der Waals surface area contributed by atoms with Gasteiger partial charge < -0.3 is 19.1 Å². The van der Waals surface area contributed by atoms with Crippen LogP contribution in [0.25, 0.3) is 6.08 Å². The Balaban J connectivity index is 0.00000480. The van der Waals surface area contributed by atoms with E-state index in [0.29, 0.717) is 22.4 Å². The third kappa shape index (κ3) is 7.61. The molecule has 0 atom stereocenters. The van der Waals surface area contributed by atoms with Crippen molar-refractivity contribution in [2.75, 3.05) is 18.1 Å². The second-order valence-electron chi connectivity index (χ2n) is 6.71. The van der Waals surface area contributed by atoms with Gasteiger partial charge in [0.1, 0.15) is 0 Å². The Kier molecular flexibility index (Phi) is 10.6. The van der Waals surface area contributed by atoms with Crippen molar-refractivity contribution in [3.8, 4) is 0 Å². The van der Waals surface area contributed by atoms with E-state index >= 15 is 0 Å². The summed E-state index contributed by atoms with van der Waals surface area (Å²) in [5.41, 5.74) is 2.05. The Morgan fingerprint density at radius 3 is 2.06 bits per heavy atom. The molecule has 0 fully saturated rings. The first kappa shape index (κ1) is 26.0. The minimum absolute atomic E-state index is 0. The standard InChI is InChI=1S/C23H27NO6.ClH/c1-5-28-22(26)18-13-19(23(27)29-6-2)15-24(14-18)20-10-8-7-9-17(20)11-12-21(25)30-16(3)4;/h7-12,14-16H,5-6,13H2,1-4H3;1H. The molecule has 0 spiro atoms. The second kappa shape index (κ2) is 12.6. The van der Waals surface area contributed by atoms with Crippen LogP contribution in [0.5, 0.6) is 0 Å². The van der Waals surface area contributed by atoms with Crippen LogP contribution in [-0.2, 0) is 28.6 Å². The highest BCUT2D eigenvalue weighted by molar-refractivity contribution is 5.97. The lowest BCUT2D eigenvalue weighted by atomic mass is 10.0. The molecule has 0 aromatic heterocycles. The van der Waals surface area contributed by atoms with Crippen molar-refractivity contribution in [2.24, 2.45) is 0 Å². The number of benzene rings is 1. The van der Waals surface area contributed by atoms with Crippen LogP contribution in [0.3, 0.4) is 0 Å². The number of esters is 3. The number of hydrogen-bond donors (Lipinski definition) is 0. The lowest BCUT2D eigenvalue weighted by molar-refractivity contribution is -0.141. The molecule has 1 aromatic rings. The molecule has 168 valence electrons. The maximum atomic E-state index is 12.3. The lowest BCUT2D eigenvalue weighted by Gasteiger charge is -2.25. The van der Waals surface area contributed by atoms with E-state index in [2.05, 4.69) is 0 Å². The summed E-state index contributed by atoms with van der Waals surface area (Å²) in [6.07, 6.45) is 6.12. The van der Waals surface area contributed by atoms with Crippen molar-refractivity contribution in [1.82, 2.24) is 0 Å². The van der Waals surface area contributed by atoms with E-state index in [1.165, 1.54) is 6.08 Å². The molecule has 0 radical (unpaired) electrons. The van der Waals surface area contributed by atoms with Crippen molar-refractivity contribution in [2.45, 2.75) is 40.2 Å². The van der Waals surface area contributed by atoms with Gasteiger partial charge in [0, 0.05) is 24.9 Å². The second-order valence-corrected chi connectivity index (χ2v) is 6.71. The number of rotatable bonds is 8. The SMILES string of the molecule is CCOC(=O)C1=CN(c2ccccc2C=CC(=O)OC(C)C)C=C(C(=O)OCC)C1.Cl. The van der Waals surface area contributed by atoms with Gasteiger partial charge in [-0.3, -0.25) is 0 Å². The minimum Gasteiger partial charge on any atom is -0.463 e. The number of carbonyl (C=O) groups is 3. The maximum absolute atomic E-state index is 12.3. The van der Waals surface area contributed by atoms with Gasteiger partial charge in [0.15, 0.2) is 0 Å². The predicted octanol–water partition coefficient (Wildman–Crippen LogP) is 4.18. The molecule has 0 unspecified atom stereocenters. The zero-order chi connectivity index (χ0) is 22.1. The third-order valence-electron chi connectivity index (χ3n) is 4.01. The van der Waals surface area contributed by atoms with Crippen LogP contribution in [0.4, 0.5) is 5.69 Å². The molecular weight excluding hydrogens is 422 g/mol. The first-order chi connectivity index (χ1) is 14.3. The van der Waals surface area contributed by atoms with Crippen LogP contribution in [0.1, 0.15) is 39.7 Å². The third-order valence-corrected chi connectivity index (χ3v) is 4.01. The molecule has 1 aliphatic heterocycles. The molecule has 31 heavy (non-hydrogen) atoms. The Morgan fingerprint density at radius 2 is 1.55 bits per heavy atom. The summed E-state index contributed by atoms with van der Waals surface area (Å²) in [6, 6.07) is 7.28. The van der Waals surface area contributed by atoms with Crippen molar-refractivity contribution < 1.29 is 28.6 Å². The number of ether oxygens (including phenoxy) is 3. The Labute approximate surface area is 188 Å². The molecule has 0 bridgehead atoms. The summed E-state index contributed by atoms with van der Waals surface area (Å²) in [7, 11) is 0. The van der Waals surface area contributed by atoms with E-state index in [0.717, 1.165) is 0 Å². The van der Waals surface area contributed by atoms with Gasteiger partial charge >= 0.3 is 17.9 Å². The molecular formula is C23H28ClNO6. The van der Waals surface area contributed by atoms with Crippen molar-refractivity contribution >= 4 is 42.1 Å². The van der Waals surface area contributed by atoms with E-state index in [-0.39, 0.29) is 38.1 Å².